The lowest BCUT2D eigenvalue weighted by molar-refractivity contribution is -0.140. The average Bonchev–Trinajstić information content (AvgIpc) is 2.76. The molecule has 1 aliphatic rings. The molecular weight excluding hydrogens is 490 g/mol. The maximum Gasteiger partial charge on any atom is 0.419 e. The molecular formula is C22H23F4N5O3S. The van der Waals surface area contributed by atoms with Gasteiger partial charge in [-0.2, -0.15) is 13.2 Å². The third kappa shape index (κ3) is 4.81. The summed E-state index contributed by atoms with van der Waals surface area (Å²) in [4.78, 5) is 23.4. The third-order valence-electron chi connectivity index (χ3n) is 6.00. The molecule has 0 saturated carbocycles. The molecule has 2 aromatic heterocycles. The van der Waals surface area contributed by atoms with Gasteiger partial charge in [0, 0.05) is 25.7 Å². The molecule has 13 heteroatoms. The van der Waals surface area contributed by atoms with Crippen LogP contribution in [-0.4, -0.2) is 47.5 Å². The van der Waals surface area contributed by atoms with Gasteiger partial charge in [-0.3, -0.25) is 9.36 Å². The monoisotopic (exact) mass is 513 g/mol. The number of benzene rings is 1. The molecule has 35 heavy (non-hydrogen) atoms. The highest BCUT2D eigenvalue weighted by molar-refractivity contribution is 7.91. The smallest absolute Gasteiger partial charge is 0.363 e. The van der Waals surface area contributed by atoms with Crippen LogP contribution in [0.25, 0.3) is 10.9 Å². The molecule has 0 bridgehead atoms. The quantitative estimate of drug-likeness (QED) is 0.535. The topological polar surface area (TPSA) is 97.2 Å². The minimum atomic E-state index is -4.85. The Balaban J connectivity index is 1.79. The number of anilines is 2. The molecule has 0 amide bonds. The fourth-order valence-electron chi connectivity index (χ4n) is 4.11. The maximum absolute atomic E-state index is 14.7. The van der Waals surface area contributed by atoms with E-state index in [1.54, 1.807) is 24.9 Å². The summed E-state index contributed by atoms with van der Waals surface area (Å²) in [5.41, 5.74) is -1.96. The number of nitrogens with zero attached hydrogens (tertiary/aromatic N) is 4. The van der Waals surface area contributed by atoms with Crippen LogP contribution in [0.4, 0.5) is 29.2 Å². The van der Waals surface area contributed by atoms with Crippen LogP contribution in [0.2, 0.25) is 0 Å². The van der Waals surface area contributed by atoms with Gasteiger partial charge < -0.3 is 10.2 Å². The Morgan fingerprint density at radius 3 is 2.43 bits per heavy atom. The van der Waals surface area contributed by atoms with Gasteiger partial charge in [0.2, 0.25) is 0 Å². The second-order valence-corrected chi connectivity index (χ2v) is 10.8. The van der Waals surface area contributed by atoms with E-state index in [0.29, 0.717) is 17.3 Å². The normalized spacial score (nSPS) is 16.9. The molecule has 1 aliphatic heterocycles. The minimum Gasteiger partial charge on any atom is -0.363 e. The molecule has 0 radical (unpaired) electrons. The van der Waals surface area contributed by atoms with Crippen LogP contribution >= 0.6 is 0 Å². The van der Waals surface area contributed by atoms with E-state index in [-0.39, 0.29) is 47.3 Å². The molecule has 0 unspecified atom stereocenters. The zero-order chi connectivity index (χ0) is 25.7. The standard InChI is InChI=1S/C22H23F4N5O3S/c1-12(14-5-4-6-16(18(14)23)22(24,25)26)27-20-15-11-17(31-7-9-35(33,34)10-8-31)30(3)21(32)19(15)28-13(2)29-20/h4-6,11-12H,7-10H2,1-3H3,(H,27,28,29)/t12-/m1/s1. The average molecular weight is 514 g/mol. The second kappa shape index (κ2) is 8.77. The largest absolute Gasteiger partial charge is 0.419 e. The number of aryl methyl sites for hydroxylation is 1. The zero-order valence-electron chi connectivity index (χ0n) is 19.1. The summed E-state index contributed by atoms with van der Waals surface area (Å²) < 4.78 is 79.2. The van der Waals surface area contributed by atoms with Crippen molar-refractivity contribution in [3.63, 3.8) is 0 Å². The SMILES string of the molecule is Cc1nc(N[C@H](C)c2cccc(C(F)(F)F)c2F)c2cc(N3CCS(=O)(=O)CC3)n(C)c(=O)c2n1. The van der Waals surface area contributed by atoms with Crippen LogP contribution in [0.3, 0.4) is 0 Å². The zero-order valence-corrected chi connectivity index (χ0v) is 20.0. The first-order chi connectivity index (χ1) is 16.3. The summed E-state index contributed by atoms with van der Waals surface area (Å²) in [6.45, 7) is 3.44. The molecule has 8 nitrogen and oxygen atoms in total. The van der Waals surface area contributed by atoms with Gasteiger partial charge >= 0.3 is 6.18 Å². The fraction of sp³-hybridized carbons (Fsp3) is 0.409. The number of pyridine rings is 1. The molecule has 1 aromatic carbocycles. The van der Waals surface area contributed by atoms with Crippen molar-refractivity contribution in [3.05, 3.63) is 57.4 Å². The summed E-state index contributed by atoms with van der Waals surface area (Å²) in [5, 5.41) is 3.22. The van der Waals surface area contributed by atoms with Gasteiger partial charge in [0.05, 0.1) is 28.5 Å². The number of sulfone groups is 1. The van der Waals surface area contributed by atoms with Gasteiger partial charge in [-0.25, -0.2) is 22.8 Å². The van der Waals surface area contributed by atoms with Crippen molar-refractivity contribution < 1.29 is 26.0 Å². The van der Waals surface area contributed by atoms with Gasteiger partial charge in [-0.05, 0) is 26.0 Å². The van der Waals surface area contributed by atoms with Crippen molar-refractivity contribution in [2.24, 2.45) is 7.05 Å². The number of alkyl halides is 3. The van der Waals surface area contributed by atoms with Crippen LogP contribution in [0.5, 0.6) is 0 Å². The Kier molecular flexibility index (Phi) is 6.24. The lowest BCUT2D eigenvalue weighted by Gasteiger charge is -2.30. The van der Waals surface area contributed by atoms with Gasteiger partial charge in [0.15, 0.2) is 9.84 Å². The fourth-order valence-corrected chi connectivity index (χ4v) is 5.31. The number of nitrogens with one attached hydrogen (secondary N) is 1. The molecule has 1 N–H and O–H groups in total. The lowest BCUT2D eigenvalue weighted by Crippen LogP contribution is -2.42. The molecule has 188 valence electrons. The maximum atomic E-state index is 14.7. The van der Waals surface area contributed by atoms with Crippen LogP contribution in [-0.2, 0) is 23.1 Å². The van der Waals surface area contributed by atoms with Crippen molar-refractivity contribution in [3.8, 4) is 0 Å². The summed E-state index contributed by atoms with van der Waals surface area (Å²) >= 11 is 0. The Bertz CT molecular complexity index is 1460. The molecule has 1 saturated heterocycles. The van der Waals surface area contributed by atoms with E-state index in [2.05, 4.69) is 15.3 Å². The second-order valence-electron chi connectivity index (χ2n) is 8.46. The first-order valence-electron chi connectivity index (χ1n) is 10.7. The summed E-state index contributed by atoms with van der Waals surface area (Å²) in [7, 11) is -1.60. The lowest BCUT2D eigenvalue weighted by atomic mass is 10.0. The predicted octanol–water partition coefficient (Wildman–Crippen LogP) is 3.20. The van der Waals surface area contributed by atoms with E-state index in [4.69, 9.17) is 0 Å². The molecule has 1 fully saturated rings. The van der Waals surface area contributed by atoms with Gasteiger partial charge in [0.25, 0.3) is 5.56 Å². The molecule has 3 aromatic rings. The Morgan fingerprint density at radius 1 is 1.14 bits per heavy atom. The number of hydrogen-bond acceptors (Lipinski definition) is 7. The summed E-state index contributed by atoms with van der Waals surface area (Å²) in [5.74, 6) is -0.653. The van der Waals surface area contributed by atoms with Crippen molar-refractivity contribution in [2.45, 2.75) is 26.1 Å². The van der Waals surface area contributed by atoms with Crippen molar-refractivity contribution in [1.82, 2.24) is 14.5 Å². The molecule has 0 spiro atoms. The number of fused-ring (bicyclic) bond motifs is 1. The number of halogens is 4. The number of hydrogen-bond donors (Lipinski definition) is 1. The van der Waals surface area contributed by atoms with E-state index >= 15 is 0 Å². The van der Waals surface area contributed by atoms with Gasteiger partial charge in [-0.15, -0.1) is 0 Å². The van der Waals surface area contributed by atoms with Crippen molar-refractivity contribution >= 4 is 32.4 Å². The third-order valence-corrected chi connectivity index (χ3v) is 7.61. The van der Waals surface area contributed by atoms with E-state index in [1.807, 2.05) is 0 Å². The highest BCUT2D eigenvalue weighted by atomic mass is 32.2. The molecule has 1 atom stereocenters. The Hall–Kier alpha value is -3.22. The Labute approximate surface area is 198 Å². The molecule has 3 heterocycles. The van der Waals surface area contributed by atoms with E-state index in [0.717, 1.165) is 6.07 Å². The summed E-state index contributed by atoms with van der Waals surface area (Å²) in [6.07, 6.45) is -4.85. The van der Waals surface area contributed by atoms with Gasteiger partial charge in [-0.1, -0.05) is 12.1 Å². The highest BCUT2D eigenvalue weighted by Gasteiger charge is 2.35. The first-order valence-corrected chi connectivity index (χ1v) is 12.6. The van der Waals surface area contributed by atoms with E-state index in [1.165, 1.54) is 17.6 Å². The number of aromatic nitrogens is 3. The van der Waals surface area contributed by atoms with E-state index in [9.17, 15) is 30.8 Å². The van der Waals surface area contributed by atoms with E-state index < -0.39 is 39.0 Å². The predicted molar refractivity (Wildman–Crippen MR) is 124 cm³/mol. The summed E-state index contributed by atoms with van der Waals surface area (Å²) in [6, 6.07) is 3.75. The number of rotatable bonds is 4. The van der Waals surface area contributed by atoms with Crippen LogP contribution in [0.15, 0.2) is 29.1 Å². The minimum absolute atomic E-state index is 0.0550. The van der Waals surface area contributed by atoms with Crippen LogP contribution in [0, 0.1) is 12.7 Å². The first kappa shape index (κ1) is 24.9. The van der Waals surface area contributed by atoms with Crippen LogP contribution < -0.4 is 15.8 Å². The Morgan fingerprint density at radius 2 is 1.80 bits per heavy atom. The van der Waals surface area contributed by atoms with Gasteiger partial charge in [0.1, 0.15) is 28.8 Å². The molecule has 0 aliphatic carbocycles. The van der Waals surface area contributed by atoms with Crippen molar-refractivity contribution in [1.29, 1.82) is 0 Å². The highest BCUT2D eigenvalue weighted by Crippen LogP contribution is 2.35. The molecule has 4 rings (SSSR count). The van der Waals surface area contributed by atoms with Crippen LogP contribution in [0.1, 0.15) is 29.9 Å². The van der Waals surface area contributed by atoms with Crippen molar-refractivity contribution in [2.75, 3.05) is 34.8 Å².